The third kappa shape index (κ3) is 4.32. The number of rotatable bonds is 5. The van der Waals surface area contributed by atoms with Crippen LogP contribution in [0, 0.1) is 0 Å². The van der Waals surface area contributed by atoms with Crippen molar-refractivity contribution in [2.75, 3.05) is 33.9 Å². The molecule has 6 heteroatoms. The molecule has 0 saturated carbocycles. The zero-order valence-electron chi connectivity index (χ0n) is 15.0. The van der Waals surface area contributed by atoms with Gasteiger partial charge in [0.15, 0.2) is 11.5 Å². The minimum absolute atomic E-state index is 0.123. The third-order valence-electron chi connectivity index (χ3n) is 4.53. The zero-order chi connectivity index (χ0) is 17.7. The number of nitrogens with zero attached hydrogens (tertiary/aromatic N) is 1. The molecule has 1 saturated heterocycles. The minimum Gasteiger partial charge on any atom is -0.493 e. The highest BCUT2D eigenvalue weighted by Gasteiger charge is 2.26. The molecule has 1 aromatic rings. The Morgan fingerprint density at radius 3 is 2.67 bits per heavy atom. The number of carbonyl (C=O) groups is 1. The summed E-state index contributed by atoms with van der Waals surface area (Å²) in [4.78, 5) is 14.0. The van der Waals surface area contributed by atoms with Crippen LogP contribution in [-0.2, 0) is 5.41 Å². The molecule has 0 unspecified atom stereocenters. The van der Waals surface area contributed by atoms with Gasteiger partial charge in [-0.3, -0.25) is 0 Å². The van der Waals surface area contributed by atoms with Crippen molar-refractivity contribution in [2.24, 2.45) is 0 Å². The van der Waals surface area contributed by atoms with Crippen LogP contribution in [0.15, 0.2) is 18.2 Å². The Bertz CT molecular complexity index is 574. The van der Waals surface area contributed by atoms with Gasteiger partial charge >= 0.3 is 6.03 Å². The Morgan fingerprint density at radius 2 is 2.04 bits per heavy atom. The van der Waals surface area contributed by atoms with E-state index in [0.717, 1.165) is 18.4 Å². The Kier molecular flexibility index (Phi) is 5.94. The zero-order valence-corrected chi connectivity index (χ0v) is 15.0. The van der Waals surface area contributed by atoms with Crippen molar-refractivity contribution in [3.63, 3.8) is 0 Å². The summed E-state index contributed by atoms with van der Waals surface area (Å²) in [5.41, 5.74) is 0.794. The Labute approximate surface area is 143 Å². The molecule has 2 N–H and O–H groups in total. The van der Waals surface area contributed by atoms with Crippen molar-refractivity contribution in [3.05, 3.63) is 23.8 Å². The number of piperidine rings is 1. The van der Waals surface area contributed by atoms with Crippen LogP contribution in [0.3, 0.4) is 0 Å². The van der Waals surface area contributed by atoms with Gasteiger partial charge in [0.05, 0.1) is 20.3 Å². The highest BCUT2D eigenvalue weighted by atomic mass is 16.5. The monoisotopic (exact) mass is 336 g/mol. The molecule has 1 aliphatic heterocycles. The molecule has 0 bridgehead atoms. The normalized spacial score (nSPS) is 18.2. The van der Waals surface area contributed by atoms with Gasteiger partial charge in [0.25, 0.3) is 0 Å². The third-order valence-corrected chi connectivity index (χ3v) is 4.53. The van der Waals surface area contributed by atoms with Crippen LogP contribution in [0.5, 0.6) is 11.5 Å². The summed E-state index contributed by atoms with van der Waals surface area (Å²) < 4.78 is 10.6. The number of nitrogens with one attached hydrogen (secondary N) is 1. The van der Waals surface area contributed by atoms with E-state index in [1.54, 1.807) is 19.1 Å². The van der Waals surface area contributed by atoms with E-state index in [2.05, 4.69) is 19.2 Å². The number of hydrogen-bond donors (Lipinski definition) is 2. The Hall–Kier alpha value is -1.95. The predicted octanol–water partition coefficient (Wildman–Crippen LogP) is 2.15. The molecule has 2 amide bonds. The van der Waals surface area contributed by atoms with E-state index in [0.29, 0.717) is 31.1 Å². The Balaban J connectivity index is 2.01. The smallest absolute Gasteiger partial charge is 0.317 e. The number of carbonyl (C=O) groups excluding carboxylic acids is 1. The number of hydrogen-bond acceptors (Lipinski definition) is 4. The highest BCUT2D eigenvalue weighted by Crippen LogP contribution is 2.32. The van der Waals surface area contributed by atoms with Gasteiger partial charge in [0.2, 0.25) is 0 Å². The topological polar surface area (TPSA) is 71.0 Å². The van der Waals surface area contributed by atoms with Crippen molar-refractivity contribution in [1.82, 2.24) is 10.2 Å². The lowest BCUT2D eigenvalue weighted by Gasteiger charge is -2.32. The van der Waals surface area contributed by atoms with Gasteiger partial charge in [-0.1, -0.05) is 19.9 Å². The summed E-state index contributed by atoms with van der Waals surface area (Å²) >= 11 is 0. The molecule has 134 valence electrons. The average molecular weight is 336 g/mol. The number of urea groups is 1. The number of aliphatic hydroxyl groups is 1. The molecule has 1 fully saturated rings. The molecule has 1 aromatic carbocycles. The first-order chi connectivity index (χ1) is 11.4. The minimum atomic E-state index is -0.414. The van der Waals surface area contributed by atoms with Crippen molar-refractivity contribution < 1.29 is 19.4 Å². The quantitative estimate of drug-likeness (QED) is 0.864. The summed E-state index contributed by atoms with van der Waals surface area (Å²) in [7, 11) is 3.22. The molecule has 0 radical (unpaired) electrons. The summed E-state index contributed by atoms with van der Waals surface area (Å²) in [6.07, 6.45) is 1.19. The molecule has 1 aliphatic rings. The first-order valence-electron chi connectivity index (χ1n) is 8.30. The Morgan fingerprint density at radius 1 is 1.33 bits per heavy atom. The summed E-state index contributed by atoms with van der Waals surface area (Å²) in [6, 6.07) is 5.68. The number of β-amino-alcohol motifs (C(OH)–C–C–N with tert-alkyl or cyclic N) is 1. The van der Waals surface area contributed by atoms with Gasteiger partial charge in [-0.25, -0.2) is 4.79 Å². The fourth-order valence-corrected chi connectivity index (χ4v) is 2.91. The molecular weight excluding hydrogens is 308 g/mol. The fraction of sp³-hybridized carbons (Fsp3) is 0.611. The van der Waals surface area contributed by atoms with Gasteiger partial charge < -0.3 is 24.8 Å². The van der Waals surface area contributed by atoms with E-state index in [9.17, 15) is 9.90 Å². The molecule has 1 heterocycles. The second kappa shape index (κ2) is 7.75. The van der Waals surface area contributed by atoms with Crippen LogP contribution in [0.2, 0.25) is 0 Å². The van der Waals surface area contributed by atoms with Crippen molar-refractivity contribution in [3.8, 4) is 11.5 Å². The number of methoxy groups -OCH3 is 2. The first-order valence-corrected chi connectivity index (χ1v) is 8.30. The number of benzene rings is 1. The fourth-order valence-electron chi connectivity index (χ4n) is 2.91. The summed E-state index contributed by atoms with van der Waals surface area (Å²) in [5.74, 6) is 1.36. The molecule has 1 atom stereocenters. The molecule has 0 spiro atoms. The van der Waals surface area contributed by atoms with Gasteiger partial charge in [-0.15, -0.1) is 0 Å². The van der Waals surface area contributed by atoms with Crippen molar-refractivity contribution in [2.45, 2.75) is 38.2 Å². The van der Waals surface area contributed by atoms with Gasteiger partial charge in [0.1, 0.15) is 0 Å². The SMILES string of the molecule is COc1ccc(C(C)(C)CNC(=O)N2CCC[C@@H](O)C2)cc1OC. The van der Waals surface area contributed by atoms with Crippen LogP contribution in [0.25, 0.3) is 0 Å². The molecule has 2 rings (SSSR count). The van der Waals surface area contributed by atoms with E-state index in [-0.39, 0.29) is 11.4 Å². The van der Waals surface area contributed by atoms with E-state index in [1.165, 1.54) is 0 Å². The van der Waals surface area contributed by atoms with Crippen LogP contribution in [-0.4, -0.2) is 56.0 Å². The summed E-state index contributed by atoms with van der Waals surface area (Å²) in [6.45, 7) is 5.73. The van der Waals surface area contributed by atoms with Crippen LogP contribution < -0.4 is 14.8 Å². The number of ether oxygens (including phenoxy) is 2. The van der Waals surface area contributed by atoms with E-state index in [1.807, 2.05) is 18.2 Å². The lowest BCUT2D eigenvalue weighted by molar-refractivity contribution is 0.0839. The predicted molar refractivity (Wildman–Crippen MR) is 92.8 cm³/mol. The lowest BCUT2D eigenvalue weighted by Crippen LogP contribution is -2.49. The van der Waals surface area contributed by atoms with Crippen molar-refractivity contribution >= 4 is 6.03 Å². The van der Waals surface area contributed by atoms with Crippen LogP contribution >= 0.6 is 0 Å². The maximum absolute atomic E-state index is 12.3. The lowest BCUT2D eigenvalue weighted by atomic mass is 9.84. The highest BCUT2D eigenvalue weighted by molar-refractivity contribution is 5.74. The average Bonchev–Trinajstić information content (AvgIpc) is 2.59. The maximum Gasteiger partial charge on any atom is 0.317 e. The van der Waals surface area contributed by atoms with E-state index in [4.69, 9.17) is 9.47 Å². The van der Waals surface area contributed by atoms with Crippen molar-refractivity contribution in [1.29, 1.82) is 0 Å². The molecule has 0 aliphatic carbocycles. The number of amides is 2. The van der Waals surface area contributed by atoms with Gasteiger partial charge in [0, 0.05) is 25.0 Å². The molecule has 0 aromatic heterocycles. The molecular formula is C18H28N2O4. The van der Waals surface area contributed by atoms with Gasteiger partial charge in [-0.2, -0.15) is 0 Å². The first kappa shape index (κ1) is 18.4. The van der Waals surface area contributed by atoms with Crippen LogP contribution in [0.4, 0.5) is 4.79 Å². The largest absolute Gasteiger partial charge is 0.493 e. The molecule has 6 nitrogen and oxygen atoms in total. The molecule has 24 heavy (non-hydrogen) atoms. The number of aliphatic hydroxyl groups excluding tert-OH is 1. The van der Waals surface area contributed by atoms with E-state index < -0.39 is 6.10 Å². The summed E-state index contributed by atoms with van der Waals surface area (Å²) in [5, 5.41) is 12.7. The standard InChI is InChI=1S/C18H28N2O4/c1-18(2,13-7-8-15(23-3)16(10-13)24-4)12-19-17(22)20-9-5-6-14(21)11-20/h7-8,10,14,21H,5-6,9,11-12H2,1-4H3,(H,19,22)/t14-/m1/s1. The van der Waals surface area contributed by atoms with Crippen LogP contribution in [0.1, 0.15) is 32.3 Å². The number of likely N-dealkylation sites (tertiary alicyclic amines) is 1. The second-order valence-corrected chi connectivity index (χ2v) is 6.85. The maximum atomic E-state index is 12.3. The van der Waals surface area contributed by atoms with E-state index >= 15 is 0 Å². The second-order valence-electron chi connectivity index (χ2n) is 6.85. The van der Waals surface area contributed by atoms with Gasteiger partial charge in [-0.05, 0) is 30.5 Å².